The largest absolute Gasteiger partial charge is 0.457 e. The third-order valence-electron chi connectivity index (χ3n) is 5.80. The first-order valence-corrected chi connectivity index (χ1v) is 12.5. The third-order valence-corrected chi connectivity index (χ3v) is 6.31. The van der Waals surface area contributed by atoms with Gasteiger partial charge in [0.15, 0.2) is 5.11 Å². The van der Waals surface area contributed by atoms with Crippen molar-refractivity contribution in [3.8, 4) is 11.3 Å². The Kier molecular flexibility index (Phi) is 8.40. The molecule has 2 N–H and O–H groups in total. The maximum atomic E-state index is 12.3. The quantitative estimate of drug-likeness (QED) is 0.343. The van der Waals surface area contributed by atoms with Crippen molar-refractivity contribution >= 4 is 58.2 Å². The van der Waals surface area contributed by atoms with E-state index in [0.29, 0.717) is 36.0 Å². The summed E-state index contributed by atoms with van der Waals surface area (Å²) in [4.78, 5) is 28.2. The fraction of sp³-hybridized carbons (Fsp3) is 0.222. The summed E-state index contributed by atoms with van der Waals surface area (Å²) in [7, 11) is 0. The summed E-state index contributed by atoms with van der Waals surface area (Å²) in [5.41, 5.74) is 2.53. The molecule has 2 aromatic carbocycles. The van der Waals surface area contributed by atoms with Crippen molar-refractivity contribution in [2.75, 3.05) is 36.4 Å². The molecule has 0 unspecified atom stereocenters. The van der Waals surface area contributed by atoms with Crippen LogP contribution in [0.4, 0.5) is 11.4 Å². The average molecular weight is 523 g/mol. The zero-order chi connectivity index (χ0) is 25.5. The van der Waals surface area contributed by atoms with Crippen LogP contribution in [0.2, 0.25) is 5.02 Å². The van der Waals surface area contributed by atoms with E-state index in [4.69, 9.17) is 28.2 Å². The minimum Gasteiger partial charge on any atom is -0.457 e. The molecule has 0 radical (unpaired) electrons. The lowest BCUT2D eigenvalue weighted by Crippen LogP contribution is -2.48. The summed E-state index contributed by atoms with van der Waals surface area (Å²) in [6.07, 6.45) is 3.47. The van der Waals surface area contributed by atoms with E-state index in [-0.39, 0.29) is 16.9 Å². The molecule has 1 aromatic heterocycles. The van der Waals surface area contributed by atoms with Crippen molar-refractivity contribution in [3.05, 3.63) is 77.5 Å². The van der Waals surface area contributed by atoms with E-state index >= 15 is 0 Å². The highest BCUT2D eigenvalue weighted by Gasteiger charge is 2.21. The van der Waals surface area contributed by atoms with Crippen LogP contribution in [0.25, 0.3) is 17.4 Å². The number of nitrogens with one attached hydrogen (secondary N) is 2. The van der Waals surface area contributed by atoms with Gasteiger partial charge in [0.1, 0.15) is 11.5 Å². The maximum absolute atomic E-state index is 12.3. The fourth-order valence-electron chi connectivity index (χ4n) is 3.94. The average Bonchev–Trinajstić information content (AvgIpc) is 3.37. The lowest BCUT2D eigenvalue weighted by atomic mass is 10.2. The van der Waals surface area contributed by atoms with Gasteiger partial charge < -0.3 is 19.5 Å². The van der Waals surface area contributed by atoms with Crippen molar-refractivity contribution in [3.63, 3.8) is 0 Å². The number of furan rings is 1. The number of carbonyl (C=O) groups is 2. The van der Waals surface area contributed by atoms with Gasteiger partial charge in [-0.1, -0.05) is 48.9 Å². The monoisotopic (exact) mass is 522 g/mol. The predicted molar refractivity (Wildman–Crippen MR) is 148 cm³/mol. The zero-order valence-corrected chi connectivity index (χ0v) is 21.4. The third kappa shape index (κ3) is 6.53. The number of carbonyl (C=O) groups excluding carboxylic acids is 2. The molecular weight excluding hydrogens is 496 g/mol. The predicted octanol–water partition coefficient (Wildman–Crippen LogP) is 5.19. The molecule has 7 nitrogen and oxygen atoms in total. The number of piperazine rings is 1. The first kappa shape index (κ1) is 25.5. The Hall–Kier alpha value is -3.62. The van der Waals surface area contributed by atoms with Gasteiger partial charge in [-0.3, -0.25) is 14.9 Å². The van der Waals surface area contributed by atoms with Gasteiger partial charge in [0, 0.05) is 49.9 Å². The first-order valence-electron chi connectivity index (χ1n) is 11.7. The highest BCUT2D eigenvalue weighted by atomic mass is 35.5. The number of hydrogen-bond acceptors (Lipinski definition) is 5. The smallest absolute Gasteiger partial charge is 0.250 e. The number of amides is 2. The summed E-state index contributed by atoms with van der Waals surface area (Å²) in [5.74, 6) is 1.08. The highest BCUT2D eigenvalue weighted by Crippen LogP contribution is 2.30. The van der Waals surface area contributed by atoms with Crippen LogP contribution in [0.5, 0.6) is 0 Å². The van der Waals surface area contributed by atoms with Crippen molar-refractivity contribution in [1.82, 2.24) is 10.2 Å². The minimum absolute atomic E-state index is 0.157. The molecule has 9 heteroatoms. The Morgan fingerprint density at radius 3 is 2.50 bits per heavy atom. The molecule has 36 heavy (non-hydrogen) atoms. The van der Waals surface area contributed by atoms with Crippen molar-refractivity contribution in [1.29, 1.82) is 0 Å². The van der Waals surface area contributed by atoms with E-state index < -0.39 is 0 Å². The summed E-state index contributed by atoms with van der Waals surface area (Å²) in [6.45, 7) is 4.68. The van der Waals surface area contributed by atoms with Gasteiger partial charge in [0.05, 0.1) is 10.7 Å². The van der Waals surface area contributed by atoms with Crippen LogP contribution in [-0.4, -0.2) is 48.0 Å². The second kappa shape index (κ2) is 11.9. The van der Waals surface area contributed by atoms with E-state index in [1.54, 1.807) is 18.2 Å². The van der Waals surface area contributed by atoms with Crippen LogP contribution in [-0.2, 0) is 9.59 Å². The Morgan fingerprint density at radius 1 is 1.06 bits per heavy atom. The van der Waals surface area contributed by atoms with Crippen molar-refractivity contribution in [2.45, 2.75) is 13.3 Å². The molecule has 2 heterocycles. The van der Waals surface area contributed by atoms with E-state index in [0.717, 1.165) is 30.1 Å². The Labute approximate surface area is 220 Å². The molecular formula is C27H27ClN4O3S. The summed E-state index contributed by atoms with van der Waals surface area (Å²) in [6, 6.07) is 18.9. The Morgan fingerprint density at radius 2 is 1.81 bits per heavy atom. The first-order chi connectivity index (χ1) is 17.4. The maximum Gasteiger partial charge on any atom is 0.250 e. The normalized spacial score (nSPS) is 13.6. The number of benzene rings is 2. The van der Waals surface area contributed by atoms with Crippen molar-refractivity contribution < 1.29 is 14.0 Å². The standard InChI is InChI=1S/C27H27ClN4O3S/c1-2-26(34)32-16-14-31(15-17-32)23-11-8-20(18-22(23)28)29-27(36)30-25(33)13-10-21-9-12-24(35-21)19-6-4-3-5-7-19/h3-13,18H,2,14-17H2,1H3,(H2,29,30,33,36)/b13-10+. The number of thiocarbonyl (C=S) groups is 1. The molecule has 1 fully saturated rings. The summed E-state index contributed by atoms with van der Waals surface area (Å²) in [5, 5.41) is 6.32. The number of halogens is 1. The van der Waals surface area contributed by atoms with Crippen LogP contribution >= 0.6 is 23.8 Å². The second-order valence-corrected chi connectivity index (χ2v) is 9.05. The zero-order valence-electron chi connectivity index (χ0n) is 19.9. The van der Waals surface area contributed by atoms with Crippen LogP contribution in [0.3, 0.4) is 0 Å². The van der Waals surface area contributed by atoms with Crippen LogP contribution in [0.1, 0.15) is 19.1 Å². The van der Waals surface area contributed by atoms with Gasteiger partial charge in [-0.2, -0.15) is 0 Å². The summed E-state index contributed by atoms with van der Waals surface area (Å²) < 4.78 is 5.77. The van der Waals surface area contributed by atoms with Gasteiger partial charge >= 0.3 is 0 Å². The molecule has 3 aromatic rings. The molecule has 1 aliphatic rings. The van der Waals surface area contributed by atoms with Crippen molar-refractivity contribution in [2.24, 2.45) is 0 Å². The van der Waals surface area contributed by atoms with Crippen LogP contribution < -0.4 is 15.5 Å². The molecule has 0 saturated carbocycles. The minimum atomic E-state index is -0.382. The topological polar surface area (TPSA) is 77.8 Å². The van der Waals surface area contributed by atoms with Crippen LogP contribution in [0, 0.1) is 0 Å². The molecule has 186 valence electrons. The molecule has 2 amide bonds. The SMILES string of the molecule is CCC(=O)N1CCN(c2ccc(NC(=S)NC(=O)/C=C/c3ccc(-c4ccccc4)o3)cc2Cl)CC1. The molecule has 0 spiro atoms. The lowest BCUT2D eigenvalue weighted by Gasteiger charge is -2.36. The van der Waals surface area contributed by atoms with Crippen LogP contribution in [0.15, 0.2) is 71.2 Å². The second-order valence-electron chi connectivity index (χ2n) is 8.23. The Balaban J connectivity index is 1.28. The molecule has 0 atom stereocenters. The molecule has 4 rings (SSSR count). The lowest BCUT2D eigenvalue weighted by molar-refractivity contribution is -0.131. The van der Waals surface area contributed by atoms with E-state index in [1.165, 1.54) is 6.08 Å². The summed E-state index contributed by atoms with van der Waals surface area (Å²) >= 11 is 11.8. The Bertz CT molecular complexity index is 1270. The van der Waals surface area contributed by atoms with E-state index in [1.807, 2.05) is 60.4 Å². The number of nitrogens with zero attached hydrogens (tertiary/aromatic N) is 2. The molecule has 1 saturated heterocycles. The molecule has 0 bridgehead atoms. The highest BCUT2D eigenvalue weighted by molar-refractivity contribution is 7.80. The van der Waals surface area contributed by atoms with E-state index in [2.05, 4.69) is 15.5 Å². The molecule has 1 aliphatic heterocycles. The molecule has 0 aliphatic carbocycles. The number of anilines is 2. The number of rotatable bonds is 6. The van der Waals surface area contributed by atoms with Gasteiger partial charge in [0.2, 0.25) is 11.8 Å². The van der Waals surface area contributed by atoms with Gasteiger partial charge in [0.25, 0.3) is 0 Å². The number of hydrogen-bond donors (Lipinski definition) is 2. The van der Waals surface area contributed by atoms with Gasteiger partial charge in [-0.15, -0.1) is 0 Å². The van der Waals surface area contributed by atoms with E-state index in [9.17, 15) is 9.59 Å². The van der Waals surface area contributed by atoms with Gasteiger partial charge in [-0.05, 0) is 48.6 Å². The fourth-order valence-corrected chi connectivity index (χ4v) is 4.45. The van der Waals surface area contributed by atoms with Gasteiger partial charge in [-0.25, -0.2) is 0 Å².